The Morgan fingerprint density at radius 3 is 2.53 bits per heavy atom. The van der Waals surface area contributed by atoms with Gasteiger partial charge in [-0.2, -0.15) is 0 Å². The highest BCUT2D eigenvalue weighted by Gasteiger charge is 2.33. The average molecular weight is 577 g/mol. The van der Waals surface area contributed by atoms with Gasteiger partial charge in [0, 0.05) is 4.47 Å². The Morgan fingerprint density at radius 2 is 1.72 bits per heavy atom. The van der Waals surface area contributed by atoms with Crippen molar-refractivity contribution in [1.29, 1.82) is 0 Å². The number of nitrogens with zero attached hydrogens (tertiary/aromatic N) is 1. The van der Waals surface area contributed by atoms with E-state index in [0.29, 0.717) is 33.9 Å². The van der Waals surface area contributed by atoms with E-state index in [9.17, 15) is 4.79 Å². The number of halogens is 1. The van der Waals surface area contributed by atoms with Crippen molar-refractivity contribution < 1.29 is 14.3 Å². The lowest BCUT2D eigenvalue weighted by Gasteiger charge is -2.14. The van der Waals surface area contributed by atoms with Crippen LogP contribution in [0, 0.1) is 0 Å². The summed E-state index contributed by atoms with van der Waals surface area (Å²) in [7, 11) is 0. The predicted molar refractivity (Wildman–Crippen MR) is 156 cm³/mol. The number of hydrogen-bond acceptors (Lipinski definition) is 5. The summed E-state index contributed by atoms with van der Waals surface area (Å²) in [6, 6.07) is 27.7. The second kappa shape index (κ2) is 10.9. The number of anilines is 1. The van der Waals surface area contributed by atoms with Crippen LogP contribution in [0.2, 0.25) is 0 Å². The number of carbonyl (C=O) groups is 1. The first-order chi connectivity index (χ1) is 17.5. The van der Waals surface area contributed by atoms with E-state index in [0.717, 1.165) is 21.3 Å². The van der Waals surface area contributed by atoms with E-state index in [-0.39, 0.29) is 5.91 Å². The first kappa shape index (κ1) is 24.6. The minimum Gasteiger partial charge on any atom is -0.490 e. The van der Waals surface area contributed by atoms with Crippen LogP contribution in [0.3, 0.4) is 0 Å². The molecule has 1 amide bonds. The van der Waals surface area contributed by atoms with Gasteiger partial charge in [0.2, 0.25) is 0 Å². The number of rotatable bonds is 7. The van der Waals surface area contributed by atoms with Crippen molar-refractivity contribution in [3.05, 3.63) is 105 Å². The van der Waals surface area contributed by atoms with Crippen molar-refractivity contribution in [3.8, 4) is 11.5 Å². The Morgan fingerprint density at radius 1 is 0.944 bits per heavy atom. The third-order valence-corrected chi connectivity index (χ3v) is 7.54. The fraction of sp³-hybridized carbons (Fsp3) is 0.103. The van der Waals surface area contributed by atoms with Crippen LogP contribution in [-0.4, -0.2) is 16.8 Å². The Hall–Kier alpha value is -3.13. The van der Waals surface area contributed by atoms with Crippen LogP contribution in [0.25, 0.3) is 16.8 Å². The second-order valence-corrected chi connectivity index (χ2v) is 10.7. The van der Waals surface area contributed by atoms with Crippen molar-refractivity contribution in [2.45, 2.75) is 13.5 Å². The van der Waals surface area contributed by atoms with E-state index < -0.39 is 0 Å². The number of thioether (sulfide) groups is 1. The van der Waals surface area contributed by atoms with E-state index in [2.05, 4.69) is 40.2 Å². The highest BCUT2D eigenvalue weighted by atomic mass is 79.9. The molecule has 4 nitrogen and oxygen atoms in total. The molecule has 1 saturated heterocycles. The van der Waals surface area contributed by atoms with Crippen LogP contribution >= 0.6 is 39.9 Å². The molecule has 0 spiro atoms. The zero-order valence-corrected chi connectivity index (χ0v) is 22.7. The number of ether oxygens (including phenoxy) is 2. The summed E-state index contributed by atoms with van der Waals surface area (Å²) in [6.07, 6.45) is 1.84. The number of carbonyl (C=O) groups excluding carboxylic acids is 1. The topological polar surface area (TPSA) is 38.8 Å². The van der Waals surface area contributed by atoms with E-state index in [1.165, 1.54) is 22.5 Å². The minimum absolute atomic E-state index is 0.137. The minimum atomic E-state index is -0.137. The van der Waals surface area contributed by atoms with Crippen LogP contribution in [0.5, 0.6) is 11.5 Å². The van der Waals surface area contributed by atoms with Gasteiger partial charge in [0.1, 0.15) is 6.61 Å². The summed E-state index contributed by atoms with van der Waals surface area (Å²) in [5, 5.41) is 2.35. The lowest BCUT2D eigenvalue weighted by molar-refractivity contribution is -0.113. The zero-order valence-electron chi connectivity index (χ0n) is 19.4. The van der Waals surface area contributed by atoms with Gasteiger partial charge in [0.25, 0.3) is 5.91 Å². The van der Waals surface area contributed by atoms with Gasteiger partial charge in [0.05, 0.1) is 17.2 Å². The smallest absolute Gasteiger partial charge is 0.270 e. The van der Waals surface area contributed by atoms with E-state index in [4.69, 9.17) is 21.7 Å². The standard InChI is InChI=1S/C29H22BrNO3S2/c1-2-33-26-16-19(17-27-28(32)31(29(35)36-27)23-13-11-22(30)12-14-23)10-15-25(26)34-18-21-8-5-7-20-6-3-4-9-24(20)21/h3-17H,2,18H2,1H3/b27-17+. The molecule has 1 aliphatic heterocycles. The van der Waals surface area contributed by atoms with Gasteiger partial charge in [-0.1, -0.05) is 88.4 Å². The average Bonchev–Trinajstić information content (AvgIpc) is 3.16. The number of hydrogen-bond donors (Lipinski definition) is 0. The van der Waals surface area contributed by atoms with Crippen molar-refractivity contribution >= 4 is 72.7 Å². The molecular formula is C29H22BrNO3S2. The normalized spacial score (nSPS) is 14.6. The molecule has 5 rings (SSSR count). The molecule has 4 aromatic carbocycles. The quantitative estimate of drug-likeness (QED) is 0.165. The molecule has 1 heterocycles. The molecule has 0 aliphatic carbocycles. The summed E-state index contributed by atoms with van der Waals surface area (Å²) < 4.78 is 13.5. The maximum absolute atomic E-state index is 13.1. The van der Waals surface area contributed by atoms with Crippen LogP contribution < -0.4 is 14.4 Å². The highest BCUT2D eigenvalue weighted by Crippen LogP contribution is 2.38. The molecule has 180 valence electrons. The molecule has 0 atom stereocenters. The van der Waals surface area contributed by atoms with Gasteiger partial charge >= 0.3 is 0 Å². The fourth-order valence-electron chi connectivity index (χ4n) is 4.01. The van der Waals surface area contributed by atoms with Gasteiger partial charge in [-0.25, -0.2) is 0 Å². The van der Waals surface area contributed by atoms with Crippen molar-refractivity contribution in [3.63, 3.8) is 0 Å². The summed E-state index contributed by atoms with van der Waals surface area (Å²) >= 11 is 10.2. The summed E-state index contributed by atoms with van der Waals surface area (Å²) in [6.45, 7) is 2.86. The molecular weight excluding hydrogens is 554 g/mol. The Kier molecular flexibility index (Phi) is 7.41. The molecule has 0 radical (unpaired) electrons. The van der Waals surface area contributed by atoms with E-state index in [1.807, 2.05) is 73.7 Å². The van der Waals surface area contributed by atoms with Crippen molar-refractivity contribution in [2.24, 2.45) is 0 Å². The Balaban J connectivity index is 1.37. The summed E-state index contributed by atoms with van der Waals surface area (Å²) in [5.74, 6) is 1.15. The Labute approximate surface area is 228 Å². The van der Waals surface area contributed by atoms with Crippen molar-refractivity contribution in [1.82, 2.24) is 0 Å². The molecule has 36 heavy (non-hydrogen) atoms. The molecule has 0 unspecified atom stereocenters. The lowest BCUT2D eigenvalue weighted by atomic mass is 10.1. The van der Waals surface area contributed by atoms with E-state index in [1.54, 1.807) is 4.90 Å². The van der Waals surface area contributed by atoms with Crippen LogP contribution in [0.15, 0.2) is 94.3 Å². The molecule has 7 heteroatoms. The molecule has 0 N–H and O–H groups in total. The van der Waals surface area contributed by atoms with Gasteiger partial charge in [0.15, 0.2) is 15.8 Å². The van der Waals surface area contributed by atoms with E-state index >= 15 is 0 Å². The SMILES string of the molecule is CCOc1cc(/C=C2/SC(=S)N(c3ccc(Br)cc3)C2=O)ccc1OCc1cccc2ccccc12. The second-order valence-electron chi connectivity index (χ2n) is 8.06. The molecule has 1 fully saturated rings. The van der Waals surface area contributed by atoms with Crippen LogP contribution in [0.4, 0.5) is 5.69 Å². The molecule has 0 saturated carbocycles. The Bertz CT molecular complexity index is 1480. The molecule has 0 aromatic heterocycles. The first-order valence-corrected chi connectivity index (χ1v) is 13.4. The molecule has 0 bridgehead atoms. The first-order valence-electron chi connectivity index (χ1n) is 11.4. The highest BCUT2D eigenvalue weighted by molar-refractivity contribution is 9.10. The maximum Gasteiger partial charge on any atom is 0.270 e. The van der Waals surface area contributed by atoms with Crippen LogP contribution in [-0.2, 0) is 11.4 Å². The maximum atomic E-state index is 13.1. The number of benzene rings is 4. The number of fused-ring (bicyclic) bond motifs is 1. The summed E-state index contributed by atoms with van der Waals surface area (Å²) in [4.78, 5) is 15.3. The third-order valence-electron chi connectivity index (χ3n) is 5.71. The molecule has 4 aromatic rings. The lowest BCUT2D eigenvalue weighted by Crippen LogP contribution is -2.27. The monoisotopic (exact) mass is 575 g/mol. The van der Waals surface area contributed by atoms with Gasteiger partial charge < -0.3 is 9.47 Å². The molecule has 1 aliphatic rings. The predicted octanol–water partition coefficient (Wildman–Crippen LogP) is 7.99. The van der Waals surface area contributed by atoms with Gasteiger partial charge in [-0.05, 0) is 71.3 Å². The largest absolute Gasteiger partial charge is 0.490 e. The van der Waals surface area contributed by atoms with Gasteiger partial charge in [-0.3, -0.25) is 9.69 Å². The number of amides is 1. The van der Waals surface area contributed by atoms with Crippen LogP contribution in [0.1, 0.15) is 18.1 Å². The third kappa shape index (κ3) is 5.19. The van der Waals surface area contributed by atoms with Gasteiger partial charge in [-0.15, -0.1) is 0 Å². The zero-order chi connectivity index (χ0) is 25.1. The summed E-state index contributed by atoms with van der Waals surface area (Å²) in [5.41, 5.74) is 2.69. The number of thiocarbonyl (C=S) groups is 1. The fourth-order valence-corrected chi connectivity index (χ4v) is 5.57. The van der Waals surface area contributed by atoms with Crippen molar-refractivity contribution in [2.75, 3.05) is 11.5 Å².